The maximum Gasteiger partial charge on any atom is 0.416 e. The molecule has 2 N–H and O–H groups in total. The van der Waals surface area contributed by atoms with Crippen LogP contribution in [0.5, 0.6) is 0 Å². The molecule has 4 aromatic rings. The topological polar surface area (TPSA) is 87.5 Å². The van der Waals surface area contributed by atoms with Crippen molar-refractivity contribution in [2.75, 3.05) is 18.1 Å². The van der Waals surface area contributed by atoms with Gasteiger partial charge in [-0.3, -0.25) is 14.5 Å². The van der Waals surface area contributed by atoms with Crippen molar-refractivity contribution in [1.82, 2.24) is 15.1 Å². The van der Waals surface area contributed by atoms with E-state index in [0.717, 1.165) is 12.1 Å². The predicted octanol–water partition coefficient (Wildman–Crippen LogP) is 4.61. The molecule has 2 amide bonds. The molecule has 1 aliphatic rings. The SMILES string of the molecule is Cc1nn(-c2ccccc2)c2c1C(c1ccc(F)cc1)C(NC(=O)c1cccc(C(F)(F)F)c1)C(=O)N2CCO. The summed E-state index contributed by atoms with van der Waals surface area (Å²) < 4.78 is 55.3. The summed E-state index contributed by atoms with van der Waals surface area (Å²) in [5, 5.41) is 17.1. The van der Waals surface area contributed by atoms with Gasteiger partial charge < -0.3 is 10.4 Å². The summed E-state index contributed by atoms with van der Waals surface area (Å²) in [7, 11) is 0. The van der Waals surface area contributed by atoms with Gasteiger partial charge in [-0.05, 0) is 55.0 Å². The van der Waals surface area contributed by atoms with Crippen LogP contribution < -0.4 is 10.2 Å². The van der Waals surface area contributed by atoms with E-state index < -0.39 is 47.9 Å². The van der Waals surface area contributed by atoms with Gasteiger partial charge in [-0.1, -0.05) is 36.4 Å². The molecule has 7 nitrogen and oxygen atoms in total. The number of rotatable bonds is 6. The van der Waals surface area contributed by atoms with Gasteiger partial charge in [0.05, 0.1) is 30.1 Å². The van der Waals surface area contributed by atoms with Crippen molar-refractivity contribution in [3.05, 3.63) is 113 Å². The molecule has 0 spiro atoms. The van der Waals surface area contributed by atoms with Gasteiger partial charge >= 0.3 is 6.18 Å². The van der Waals surface area contributed by atoms with Gasteiger partial charge in [0.1, 0.15) is 17.7 Å². The number of alkyl halides is 3. The molecule has 2 atom stereocenters. The summed E-state index contributed by atoms with van der Waals surface area (Å²) in [6.45, 7) is 1.20. The number of aromatic nitrogens is 2. The molecular weight excluding hydrogens is 528 g/mol. The van der Waals surface area contributed by atoms with E-state index in [0.29, 0.717) is 34.4 Å². The van der Waals surface area contributed by atoms with Crippen LogP contribution in [0.2, 0.25) is 0 Å². The van der Waals surface area contributed by atoms with E-state index >= 15 is 0 Å². The number of amides is 2. The van der Waals surface area contributed by atoms with E-state index in [2.05, 4.69) is 10.4 Å². The Kier molecular flexibility index (Phi) is 7.16. The monoisotopic (exact) mass is 552 g/mol. The Bertz CT molecular complexity index is 1550. The van der Waals surface area contributed by atoms with Gasteiger partial charge in [0.15, 0.2) is 0 Å². The zero-order valence-electron chi connectivity index (χ0n) is 21.2. The molecule has 2 unspecified atom stereocenters. The van der Waals surface area contributed by atoms with E-state index in [1.54, 1.807) is 35.9 Å². The Labute approximate surface area is 226 Å². The maximum absolute atomic E-state index is 14.0. The second kappa shape index (κ2) is 10.6. The van der Waals surface area contributed by atoms with Gasteiger partial charge in [-0.25, -0.2) is 9.07 Å². The lowest BCUT2D eigenvalue weighted by Gasteiger charge is -2.38. The highest BCUT2D eigenvalue weighted by molar-refractivity contribution is 6.05. The predicted molar refractivity (Wildman–Crippen MR) is 139 cm³/mol. The molecule has 2 heterocycles. The van der Waals surface area contributed by atoms with E-state index in [1.165, 1.54) is 35.2 Å². The molecule has 206 valence electrons. The van der Waals surface area contributed by atoms with Crippen LogP contribution in [-0.2, 0) is 11.0 Å². The van der Waals surface area contributed by atoms with Gasteiger partial charge in [-0.15, -0.1) is 0 Å². The molecule has 0 fully saturated rings. The summed E-state index contributed by atoms with van der Waals surface area (Å²) in [5.41, 5.74) is 0.919. The van der Waals surface area contributed by atoms with Crippen molar-refractivity contribution < 1.29 is 32.3 Å². The standard InChI is InChI=1S/C29H24F4N4O3/c1-17-23-24(18-10-12-21(30)13-11-18)25(34-26(39)19-6-5-7-20(16-19)29(31,32)33)28(40)36(14-15-38)27(23)37(35-17)22-8-3-2-4-9-22/h2-13,16,24-25,38H,14-15H2,1H3,(H,34,39). The summed E-state index contributed by atoms with van der Waals surface area (Å²) in [6, 6.07) is 17.0. The van der Waals surface area contributed by atoms with E-state index in [9.17, 15) is 32.3 Å². The average molecular weight is 553 g/mol. The van der Waals surface area contributed by atoms with Gasteiger partial charge in [0.25, 0.3) is 11.8 Å². The Morgan fingerprint density at radius 1 is 1.02 bits per heavy atom. The van der Waals surface area contributed by atoms with Crippen molar-refractivity contribution in [1.29, 1.82) is 0 Å². The molecule has 0 bridgehead atoms. The van der Waals surface area contributed by atoms with Gasteiger partial charge in [-0.2, -0.15) is 18.3 Å². The number of halogens is 4. The number of β-amino-alcohol motifs (C(OH)–C–C–N with tert-alkyl or cyclic N) is 1. The number of aryl methyl sites for hydroxylation is 1. The van der Waals surface area contributed by atoms with Crippen LogP contribution in [0.1, 0.15) is 38.7 Å². The number of aliphatic hydroxyl groups excluding tert-OH is 1. The minimum absolute atomic E-state index is 0.129. The molecule has 1 aliphatic heterocycles. The minimum Gasteiger partial charge on any atom is -0.395 e. The van der Waals surface area contributed by atoms with Crippen LogP contribution in [-0.4, -0.2) is 45.9 Å². The zero-order chi connectivity index (χ0) is 28.6. The number of fused-ring (bicyclic) bond motifs is 1. The fourth-order valence-corrected chi connectivity index (χ4v) is 5.03. The molecule has 3 aromatic carbocycles. The molecule has 0 radical (unpaired) electrons. The highest BCUT2D eigenvalue weighted by Crippen LogP contribution is 2.43. The Hall–Kier alpha value is -4.51. The molecule has 5 rings (SSSR count). The molecule has 1 aromatic heterocycles. The highest BCUT2D eigenvalue weighted by atomic mass is 19.4. The summed E-state index contributed by atoms with van der Waals surface area (Å²) in [6.07, 6.45) is -4.66. The lowest BCUT2D eigenvalue weighted by molar-refractivity contribution is -0.137. The van der Waals surface area contributed by atoms with Crippen molar-refractivity contribution >= 4 is 17.6 Å². The first-order valence-electron chi connectivity index (χ1n) is 12.4. The van der Waals surface area contributed by atoms with Crippen LogP contribution in [0, 0.1) is 12.7 Å². The number of para-hydroxylation sites is 1. The number of nitrogens with one attached hydrogen (secondary N) is 1. The first-order chi connectivity index (χ1) is 19.1. The number of hydrogen-bond acceptors (Lipinski definition) is 4. The number of aliphatic hydroxyl groups is 1. The van der Waals surface area contributed by atoms with Gasteiger partial charge in [0, 0.05) is 17.0 Å². The average Bonchev–Trinajstić information content (AvgIpc) is 3.28. The fraction of sp³-hybridized carbons (Fsp3) is 0.207. The largest absolute Gasteiger partial charge is 0.416 e. The Balaban J connectivity index is 1.66. The normalized spacial score (nSPS) is 17.1. The number of hydrogen-bond donors (Lipinski definition) is 2. The summed E-state index contributed by atoms with van der Waals surface area (Å²) in [4.78, 5) is 28.6. The minimum atomic E-state index is -4.66. The second-order valence-corrected chi connectivity index (χ2v) is 9.34. The molecular formula is C29H24F4N4O3. The first-order valence-corrected chi connectivity index (χ1v) is 12.4. The van der Waals surface area contributed by atoms with E-state index in [-0.39, 0.29) is 12.1 Å². The quantitative estimate of drug-likeness (QED) is 0.342. The first kappa shape index (κ1) is 27.1. The third-order valence-corrected chi connectivity index (χ3v) is 6.81. The van der Waals surface area contributed by atoms with E-state index in [1.807, 2.05) is 6.07 Å². The number of anilines is 1. The molecule has 0 saturated carbocycles. The number of carbonyl (C=O) groups excluding carboxylic acids is 2. The Morgan fingerprint density at radius 2 is 1.73 bits per heavy atom. The second-order valence-electron chi connectivity index (χ2n) is 9.34. The van der Waals surface area contributed by atoms with Crippen LogP contribution in [0.25, 0.3) is 5.69 Å². The maximum atomic E-state index is 14.0. The molecule has 0 saturated heterocycles. The van der Waals surface area contributed by atoms with Crippen LogP contribution in [0.15, 0.2) is 78.9 Å². The van der Waals surface area contributed by atoms with Crippen molar-refractivity contribution in [3.63, 3.8) is 0 Å². The Morgan fingerprint density at radius 3 is 2.38 bits per heavy atom. The number of benzene rings is 3. The number of nitrogens with zero attached hydrogens (tertiary/aromatic N) is 3. The fourth-order valence-electron chi connectivity index (χ4n) is 5.03. The lowest BCUT2D eigenvalue weighted by atomic mass is 9.81. The van der Waals surface area contributed by atoms with Crippen LogP contribution in [0.3, 0.4) is 0 Å². The third kappa shape index (κ3) is 4.95. The lowest BCUT2D eigenvalue weighted by Crippen LogP contribution is -2.56. The van der Waals surface area contributed by atoms with E-state index in [4.69, 9.17) is 0 Å². The van der Waals surface area contributed by atoms with Crippen molar-refractivity contribution in [3.8, 4) is 5.69 Å². The molecule has 40 heavy (non-hydrogen) atoms. The van der Waals surface area contributed by atoms with Crippen molar-refractivity contribution in [2.24, 2.45) is 0 Å². The smallest absolute Gasteiger partial charge is 0.395 e. The third-order valence-electron chi connectivity index (χ3n) is 6.81. The molecule has 0 aliphatic carbocycles. The molecule has 11 heteroatoms. The highest BCUT2D eigenvalue weighted by Gasteiger charge is 2.46. The number of carbonyl (C=O) groups is 2. The zero-order valence-corrected chi connectivity index (χ0v) is 21.2. The van der Waals surface area contributed by atoms with Crippen molar-refractivity contribution in [2.45, 2.75) is 25.1 Å². The summed E-state index contributed by atoms with van der Waals surface area (Å²) >= 11 is 0. The summed E-state index contributed by atoms with van der Waals surface area (Å²) in [5.74, 6) is -2.48. The van der Waals surface area contributed by atoms with Gasteiger partial charge in [0.2, 0.25) is 0 Å². The van der Waals surface area contributed by atoms with Crippen LogP contribution >= 0.6 is 0 Å². The van der Waals surface area contributed by atoms with Crippen LogP contribution in [0.4, 0.5) is 23.4 Å².